The van der Waals surface area contributed by atoms with Gasteiger partial charge in [-0.05, 0) is 37.1 Å². The van der Waals surface area contributed by atoms with E-state index in [1.165, 1.54) is 4.68 Å². The molecule has 0 unspecified atom stereocenters. The monoisotopic (exact) mass is 360 g/mol. The molecule has 1 aromatic carbocycles. The van der Waals surface area contributed by atoms with Gasteiger partial charge >= 0.3 is 0 Å². The molecule has 0 fully saturated rings. The SMILES string of the molecule is COc1ccc(CCNC(=O)CNC(=O)c2cc(C)nn2C)cc1OC. The fraction of sp³-hybridized carbons (Fsp3) is 0.389. The van der Waals surface area contributed by atoms with Crippen LogP contribution >= 0.6 is 0 Å². The third-order valence-electron chi connectivity index (χ3n) is 3.83. The van der Waals surface area contributed by atoms with Crippen molar-refractivity contribution in [1.82, 2.24) is 20.4 Å². The minimum Gasteiger partial charge on any atom is -0.493 e. The van der Waals surface area contributed by atoms with Gasteiger partial charge in [0.05, 0.1) is 26.5 Å². The van der Waals surface area contributed by atoms with Crippen molar-refractivity contribution in [2.24, 2.45) is 7.05 Å². The second-order valence-corrected chi connectivity index (χ2v) is 5.77. The lowest BCUT2D eigenvalue weighted by atomic mass is 10.1. The molecule has 0 aliphatic heterocycles. The summed E-state index contributed by atoms with van der Waals surface area (Å²) in [5.41, 5.74) is 2.18. The molecule has 0 saturated heterocycles. The summed E-state index contributed by atoms with van der Waals surface area (Å²) in [7, 11) is 4.85. The highest BCUT2D eigenvalue weighted by Gasteiger charge is 2.12. The van der Waals surface area contributed by atoms with Crippen molar-refractivity contribution in [1.29, 1.82) is 0 Å². The number of carbonyl (C=O) groups excluding carboxylic acids is 2. The topological polar surface area (TPSA) is 94.5 Å². The first kappa shape index (κ1) is 19.3. The molecule has 0 saturated carbocycles. The van der Waals surface area contributed by atoms with Gasteiger partial charge in [-0.15, -0.1) is 0 Å². The number of carbonyl (C=O) groups is 2. The van der Waals surface area contributed by atoms with E-state index in [1.807, 2.05) is 18.2 Å². The average molecular weight is 360 g/mol. The number of hydrogen-bond donors (Lipinski definition) is 2. The number of nitrogens with zero attached hydrogens (tertiary/aromatic N) is 2. The molecule has 0 atom stereocenters. The zero-order valence-corrected chi connectivity index (χ0v) is 15.5. The molecule has 8 nitrogen and oxygen atoms in total. The summed E-state index contributed by atoms with van der Waals surface area (Å²) in [5.74, 6) is 0.726. The summed E-state index contributed by atoms with van der Waals surface area (Å²) in [6.07, 6.45) is 0.640. The average Bonchev–Trinajstić information content (AvgIpc) is 2.97. The van der Waals surface area contributed by atoms with E-state index < -0.39 is 0 Å². The lowest BCUT2D eigenvalue weighted by molar-refractivity contribution is -0.120. The Morgan fingerprint density at radius 2 is 1.85 bits per heavy atom. The number of methoxy groups -OCH3 is 2. The van der Waals surface area contributed by atoms with E-state index in [1.54, 1.807) is 34.3 Å². The predicted octanol–water partition coefficient (Wildman–Crippen LogP) is 0.834. The number of amides is 2. The van der Waals surface area contributed by atoms with Crippen molar-refractivity contribution >= 4 is 11.8 Å². The Morgan fingerprint density at radius 3 is 2.46 bits per heavy atom. The number of nitrogens with one attached hydrogen (secondary N) is 2. The number of ether oxygens (including phenoxy) is 2. The molecule has 1 heterocycles. The quantitative estimate of drug-likeness (QED) is 0.727. The van der Waals surface area contributed by atoms with Crippen molar-refractivity contribution in [3.63, 3.8) is 0 Å². The molecule has 2 rings (SSSR count). The van der Waals surface area contributed by atoms with E-state index in [4.69, 9.17) is 9.47 Å². The molecule has 0 aliphatic carbocycles. The second-order valence-electron chi connectivity index (χ2n) is 5.77. The molecule has 1 aromatic heterocycles. The van der Waals surface area contributed by atoms with Crippen LogP contribution in [0.5, 0.6) is 11.5 Å². The van der Waals surface area contributed by atoms with E-state index in [9.17, 15) is 9.59 Å². The molecular formula is C18H24N4O4. The van der Waals surface area contributed by atoms with Crippen LogP contribution in [0.2, 0.25) is 0 Å². The second kappa shape index (κ2) is 8.89. The highest BCUT2D eigenvalue weighted by atomic mass is 16.5. The Morgan fingerprint density at radius 1 is 1.12 bits per heavy atom. The summed E-state index contributed by atoms with van der Waals surface area (Å²) in [4.78, 5) is 23.9. The lowest BCUT2D eigenvalue weighted by Crippen LogP contribution is -2.38. The van der Waals surface area contributed by atoms with Crippen LogP contribution in [-0.4, -0.2) is 48.9 Å². The number of rotatable bonds is 8. The van der Waals surface area contributed by atoms with Gasteiger partial charge in [-0.1, -0.05) is 6.07 Å². The Labute approximate surface area is 152 Å². The molecule has 2 amide bonds. The van der Waals surface area contributed by atoms with Crippen LogP contribution in [0.3, 0.4) is 0 Å². The van der Waals surface area contributed by atoms with Gasteiger partial charge < -0.3 is 20.1 Å². The number of aromatic nitrogens is 2. The van der Waals surface area contributed by atoms with Gasteiger partial charge in [0, 0.05) is 13.6 Å². The van der Waals surface area contributed by atoms with Crippen molar-refractivity contribution in [2.45, 2.75) is 13.3 Å². The van der Waals surface area contributed by atoms with Crippen LogP contribution < -0.4 is 20.1 Å². The molecule has 0 bridgehead atoms. The standard InChI is InChI=1S/C18H24N4O4/c1-12-9-14(22(2)21-12)18(24)20-11-17(23)19-8-7-13-5-6-15(25-3)16(10-13)26-4/h5-6,9-10H,7-8,11H2,1-4H3,(H,19,23)(H,20,24). The molecule has 140 valence electrons. The first-order valence-corrected chi connectivity index (χ1v) is 8.21. The van der Waals surface area contributed by atoms with Crippen LogP contribution in [0.15, 0.2) is 24.3 Å². The summed E-state index contributed by atoms with van der Waals surface area (Å²) >= 11 is 0. The Balaban J connectivity index is 1.77. The molecule has 8 heteroatoms. The summed E-state index contributed by atoms with van der Waals surface area (Å²) in [5, 5.41) is 9.47. The number of hydrogen-bond acceptors (Lipinski definition) is 5. The van der Waals surface area contributed by atoms with E-state index in [-0.39, 0.29) is 18.4 Å². The molecule has 2 N–H and O–H groups in total. The maximum absolute atomic E-state index is 12.0. The number of aryl methyl sites for hydroxylation is 2. The summed E-state index contributed by atoms with van der Waals surface area (Å²) in [6, 6.07) is 7.29. The smallest absolute Gasteiger partial charge is 0.269 e. The highest BCUT2D eigenvalue weighted by molar-refractivity contribution is 5.95. The van der Waals surface area contributed by atoms with E-state index in [2.05, 4.69) is 15.7 Å². The minimum atomic E-state index is -0.330. The molecule has 0 aliphatic rings. The van der Waals surface area contributed by atoms with Gasteiger partial charge in [-0.3, -0.25) is 14.3 Å². The molecular weight excluding hydrogens is 336 g/mol. The highest BCUT2D eigenvalue weighted by Crippen LogP contribution is 2.27. The zero-order valence-electron chi connectivity index (χ0n) is 15.5. The maximum Gasteiger partial charge on any atom is 0.269 e. The Hall–Kier alpha value is -3.03. The van der Waals surface area contributed by atoms with Gasteiger partial charge in [0.15, 0.2) is 11.5 Å². The predicted molar refractivity (Wildman–Crippen MR) is 96.5 cm³/mol. The largest absolute Gasteiger partial charge is 0.493 e. The van der Waals surface area contributed by atoms with Crippen molar-refractivity contribution in [3.05, 3.63) is 41.2 Å². The van der Waals surface area contributed by atoms with Gasteiger partial charge in [-0.25, -0.2) is 0 Å². The minimum absolute atomic E-state index is 0.0883. The third-order valence-corrected chi connectivity index (χ3v) is 3.83. The lowest BCUT2D eigenvalue weighted by Gasteiger charge is -2.10. The van der Waals surface area contributed by atoms with Crippen LogP contribution in [0.25, 0.3) is 0 Å². The fourth-order valence-corrected chi connectivity index (χ4v) is 2.52. The van der Waals surface area contributed by atoms with Crippen LogP contribution in [0.4, 0.5) is 0 Å². The normalized spacial score (nSPS) is 10.3. The Bertz CT molecular complexity index is 785. The van der Waals surface area contributed by atoms with Gasteiger partial charge in [0.2, 0.25) is 5.91 Å². The zero-order chi connectivity index (χ0) is 19.1. The molecule has 0 spiro atoms. The molecule has 0 radical (unpaired) electrons. The third kappa shape index (κ3) is 4.98. The summed E-state index contributed by atoms with van der Waals surface area (Å²) < 4.78 is 11.9. The van der Waals surface area contributed by atoms with Crippen LogP contribution in [-0.2, 0) is 18.3 Å². The first-order valence-electron chi connectivity index (χ1n) is 8.21. The Kier molecular flexibility index (Phi) is 6.60. The summed E-state index contributed by atoms with van der Waals surface area (Å²) in [6.45, 7) is 2.17. The van der Waals surface area contributed by atoms with Gasteiger partial charge in [-0.2, -0.15) is 5.10 Å². The van der Waals surface area contributed by atoms with E-state index in [0.717, 1.165) is 11.3 Å². The van der Waals surface area contributed by atoms with Gasteiger partial charge in [0.25, 0.3) is 5.91 Å². The van der Waals surface area contributed by atoms with Crippen molar-refractivity contribution in [3.8, 4) is 11.5 Å². The first-order chi connectivity index (χ1) is 12.4. The maximum atomic E-state index is 12.0. The van der Waals surface area contributed by atoms with Crippen LogP contribution in [0, 0.1) is 6.92 Å². The van der Waals surface area contributed by atoms with Gasteiger partial charge in [0.1, 0.15) is 5.69 Å². The van der Waals surface area contributed by atoms with Crippen LogP contribution in [0.1, 0.15) is 21.7 Å². The fourth-order valence-electron chi connectivity index (χ4n) is 2.52. The van der Waals surface area contributed by atoms with E-state index >= 15 is 0 Å². The van der Waals surface area contributed by atoms with Crippen molar-refractivity contribution < 1.29 is 19.1 Å². The van der Waals surface area contributed by atoms with Crippen molar-refractivity contribution in [2.75, 3.05) is 27.3 Å². The van der Waals surface area contributed by atoms with E-state index in [0.29, 0.717) is 30.2 Å². The number of benzene rings is 1. The molecule has 2 aromatic rings. The molecule has 26 heavy (non-hydrogen) atoms.